The molecule has 1 aromatic rings. The molecule has 0 spiro atoms. The SMILES string of the molecule is CCN(C)CC(=O)N(C)CC(=O)N1CCN(c2ncncc2C#N)CC1. The molecule has 0 atom stereocenters. The van der Waals surface area contributed by atoms with Crippen LogP contribution in [0, 0.1) is 11.3 Å². The van der Waals surface area contributed by atoms with E-state index in [2.05, 4.69) is 16.0 Å². The fourth-order valence-corrected chi connectivity index (χ4v) is 2.68. The van der Waals surface area contributed by atoms with E-state index >= 15 is 0 Å². The first-order valence-corrected chi connectivity index (χ1v) is 8.61. The minimum absolute atomic E-state index is 0.0668. The summed E-state index contributed by atoms with van der Waals surface area (Å²) in [5.41, 5.74) is 0.428. The molecule has 0 bridgehead atoms. The quantitative estimate of drug-likeness (QED) is 0.669. The largest absolute Gasteiger partial charge is 0.352 e. The summed E-state index contributed by atoms with van der Waals surface area (Å²) in [6.45, 7) is 5.39. The molecular weight excluding hydrogens is 334 g/mol. The Morgan fingerprint density at radius 1 is 1.23 bits per heavy atom. The van der Waals surface area contributed by atoms with Crippen LogP contribution in [0.25, 0.3) is 0 Å². The van der Waals surface area contributed by atoms with Crippen molar-refractivity contribution >= 4 is 17.6 Å². The lowest BCUT2D eigenvalue weighted by Gasteiger charge is -2.36. The number of rotatable bonds is 6. The molecule has 0 unspecified atom stereocenters. The van der Waals surface area contributed by atoms with Crippen LogP contribution in [-0.2, 0) is 9.59 Å². The number of carbonyl (C=O) groups excluding carboxylic acids is 2. The standard InChI is InChI=1S/C17H25N7O2/c1-4-21(2)11-15(25)22(3)12-16(26)23-5-7-24(8-6-23)17-14(9-18)10-19-13-20-17/h10,13H,4-8,11-12H2,1-3H3. The van der Waals surface area contributed by atoms with Gasteiger partial charge in [-0.2, -0.15) is 5.26 Å². The summed E-state index contributed by atoms with van der Waals surface area (Å²) in [7, 11) is 3.52. The minimum Gasteiger partial charge on any atom is -0.352 e. The van der Waals surface area contributed by atoms with Gasteiger partial charge in [0, 0.05) is 33.2 Å². The number of hydrogen-bond donors (Lipinski definition) is 0. The van der Waals surface area contributed by atoms with Gasteiger partial charge in [0.05, 0.1) is 19.3 Å². The lowest BCUT2D eigenvalue weighted by atomic mass is 10.2. The van der Waals surface area contributed by atoms with Gasteiger partial charge < -0.3 is 14.7 Å². The lowest BCUT2D eigenvalue weighted by molar-refractivity contribution is -0.140. The monoisotopic (exact) mass is 359 g/mol. The van der Waals surface area contributed by atoms with E-state index in [1.807, 2.05) is 23.8 Å². The molecule has 9 heteroatoms. The Bertz CT molecular complexity index is 680. The molecule has 26 heavy (non-hydrogen) atoms. The Kier molecular flexibility index (Phi) is 6.86. The highest BCUT2D eigenvalue weighted by Crippen LogP contribution is 2.17. The fourth-order valence-electron chi connectivity index (χ4n) is 2.68. The molecule has 9 nitrogen and oxygen atoms in total. The first kappa shape index (κ1) is 19.6. The van der Waals surface area contributed by atoms with Crippen molar-refractivity contribution < 1.29 is 9.59 Å². The van der Waals surface area contributed by atoms with E-state index in [-0.39, 0.29) is 18.4 Å². The van der Waals surface area contributed by atoms with Crippen molar-refractivity contribution in [3.63, 3.8) is 0 Å². The van der Waals surface area contributed by atoms with Crippen molar-refractivity contribution in [1.29, 1.82) is 5.26 Å². The van der Waals surface area contributed by atoms with E-state index in [0.29, 0.717) is 44.1 Å². The van der Waals surface area contributed by atoms with Gasteiger partial charge >= 0.3 is 0 Å². The Morgan fingerprint density at radius 2 is 1.92 bits per heavy atom. The number of amides is 2. The second-order valence-corrected chi connectivity index (χ2v) is 6.32. The van der Waals surface area contributed by atoms with Gasteiger partial charge in [-0.25, -0.2) is 9.97 Å². The Labute approximate surface area is 153 Å². The number of hydrogen-bond acceptors (Lipinski definition) is 7. The highest BCUT2D eigenvalue weighted by atomic mass is 16.2. The third-order valence-electron chi connectivity index (χ3n) is 4.49. The summed E-state index contributed by atoms with van der Waals surface area (Å²) in [5, 5.41) is 9.16. The molecule has 2 rings (SSSR count). The van der Waals surface area contributed by atoms with Crippen LogP contribution in [0.4, 0.5) is 5.82 Å². The van der Waals surface area contributed by atoms with Gasteiger partial charge in [0.25, 0.3) is 0 Å². The number of carbonyl (C=O) groups is 2. The molecule has 0 radical (unpaired) electrons. The normalized spacial score (nSPS) is 14.3. The summed E-state index contributed by atoms with van der Waals surface area (Å²) in [6.07, 6.45) is 2.91. The summed E-state index contributed by atoms with van der Waals surface area (Å²) in [4.78, 5) is 39.7. The van der Waals surface area contributed by atoms with E-state index in [1.54, 1.807) is 11.9 Å². The molecule has 2 heterocycles. The zero-order chi connectivity index (χ0) is 19.1. The van der Waals surface area contributed by atoms with Gasteiger partial charge in [-0.05, 0) is 13.6 Å². The second kappa shape index (κ2) is 9.10. The van der Waals surface area contributed by atoms with Crippen LogP contribution in [0.5, 0.6) is 0 Å². The number of likely N-dealkylation sites (N-methyl/N-ethyl adjacent to an activating group) is 2. The predicted octanol–water partition coefficient (Wildman–Crippen LogP) is -0.593. The highest BCUT2D eigenvalue weighted by molar-refractivity contribution is 5.85. The van der Waals surface area contributed by atoms with Crippen LogP contribution in [0.15, 0.2) is 12.5 Å². The van der Waals surface area contributed by atoms with Crippen molar-refractivity contribution in [3.8, 4) is 6.07 Å². The van der Waals surface area contributed by atoms with Gasteiger partial charge in [-0.3, -0.25) is 14.5 Å². The van der Waals surface area contributed by atoms with Crippen LogP contribution in [0.3, 0.4) is 0 Å². The minimum atomic E-state index is -0.0685. The van der Waals surface area contributed by atoms with Crippen LogP contribution in [0.1, 0.15) is 12.5 Å². The zero-order valence-electron chi connectivity index (χ0n) is 15.6. The maximum absolute atomic E-state index is 12.5. The maximum Gasteiger partial charge on any atom is 0.242 e. The number of nitriles is 1. The molecule has 1 aliphatic heterocycles. The topological polar surface area (TPSA) is 96.7 Å². The molecule has 1 aromatic heterocycles. The molecular formula is C17H25N7O2. The first-order chi connectivity index (χ1) is 12.5. The third kappa shape index (κ3) is 4.89. The molecule has 1 fully saturated rings. The van der Waals surface area contributed by atoms with Crippen LogP contribution in [0.2, 0.25) is 0 Å². The Hall–Kier alpha value is -2.73. The van der Waals surface area contributed by atoms with E-state index in [9.17, 15) is 9.59 Å². The van der Waals surface area contributed by atoms with Gasteiger partial charge in [0.2, 0.25) is 11.8 Å². The van der Waals surface area contributed by atoms with Crippen molar-refractivity contribution in [2.24, 2.45) is 0 Å². The number of piperazine rings is 1. The lowest BCUT2D eigenvalue weighted by Crippen LogP contribution is -2.52. The second-order valence-electron chi connectivity index (χ2n) is 6.32. The number of nitrogens with zero attached hydrogens (tertiary/aromatic N) is 7. The summed E-state index contributed by atoms with van der Waals surface area (Å²) >= 11 is 0. The maximum atomic E-state index is 12.5. The summed E-state index contributed by atoms with van der Waals surface area (Å²) < 4.78 is 0. The molecule has 1 saturated heterocycles. The van der Waals surface area contributed by atoms with Gasteiger partial charge in [-0.15, -0.1) is 0 Å². The summed E-state index contributed by atoms with van der Waals surface area (Å²) in [5.74, 6) is 0.466. The predicted molar refractivity (Wildman–Crippen MR) is 96.3 cm³/mol. The number of aromatic nitrogens is 2. The Morgan fingerprint density at radius 3 is 2.54 bits per heavy atom. The van der Waals surface area contributed by atoms with Crippen molar-refractivity contribution in [2.45, 2.75) is 6.92 Å². The summed E-state index contributed by atoms with van der Waals surface area (Å²) in [6, 6.07) is 2.09. The molecule has 2 amide bonds. The smallest absolute Gasteiger partial charge is 0.242 e. The molecule has 140 valence electrons. The van der Waals surface area contributed by atoms with Gasteiger partial charge in [-0.1, -0.05) is 6.92 Å². The van der Waals surface area contributed by atoms with Crippen LogP contribution >= 0.6 is 0 Å². The fraction of sp³-hybridized carbons (Fsp3) is 0.588. The molecule has 0 aliphatic carbocycles. The number of anilines is 1. The van der Waals surface area contributed by atoms with E-state index in [4.69, 9.17) is 5.26 Å². The Balaban J connectivity index is 1.86. The molecule has 0 saturated carbocycles. The van der Waals surface area contributed by atoms with Crippen LogP contribution < -0.4 is 4.90 Å². The third-order valence-corrected chi connectivity index (χ3v) is 4.49. The van der Waals surface area contributed by atoms with Crippen molar-refractivity contribution in [1.82, 2.24) is 24.7 Å². The first-order valence-electron chi connectivity index (χ1n) is 8.61. The zero-order valence-corrected chi connectivity index (χ0v) is 15.6. The van der Waals surface area contributed by atoms with Crippen molar-refractivity contribution in [2.75, 3.05) is 64.8 Å². The van der Waals surface area contributed by atoms with E-state index in [0.717, 1.165) is 6.54 Å². The van der Waals surface area contributed by atoms with Crippen LogP contribution in [-0.4, -0.2) is 96.4 Å². The van der Waals surface area contributed by atoms with Gasteiger partial charge in [0.15, 0.2) is 0 Å². The van der Waals surface area contributed by atoms with E-state index in [1.165, 1.54) is 17.4 Å². The molecule has 0 N–H and O–H groups in total. The molecule has 1 aliphatic rings. The van der Waals surface area contributed by atoms with Gasteiger partial charge in [0.1, 0.15) is 23.8 Å². The van der Waals surface area contributed by atoms with E-state index < -0.39 is 0 Å². The highest BCUT2D eigenvalue weighted by Gasteiger charge is 2.25. The van der Waals surface area contributed by atoms with Crippen molar-refractivity contribution in [3.05, 3.63) is 18.1 Å². The average molecular weight is 359 g/mol. The molecule has 0 aromatic carbocycles. The average Bonchev–Trinajstić information content (AvgIpc) is 2.67.